The summed E-state index contributed by atoms with van der Waals surface area (Å²) in [4.78, 5) is 19.3. The Morgan fingerprint density at radius 1 is 1.24 bits per heavy atom. The zero-order valence-corrected chi connectivity index (χ0v) is 15.4. The first-order chi connectivity index (χ1) is 11.9. The molecular formula is C20H24N4O. The van der Waals surface area contributed by atoms with Crippen molar-refractivity contribution in [3.8, 4) is 0 Å². The third-order valence-corrected chi connectivity index (χ3v) is 4.49. The van der Waals surface area contributed by atoms with E-state index in [1.807, 2.05) is 36.9 Å². The average Bonchev–Trinajstić information content (AvgIpc) is 2.98. The predicted molar refractivity (Wildman–Crippen MR) is 99.6 cm³/mol. The second kappa shape index (κ2) is 6.67. The number of amides is 1. The van der Waals surface area contributed by atoms with Crippen molar-refractivity contribution in [1.82, 2.24) is 19.7 Å². The van der Waals surface area contributed by atoms with Gasteiger partial charge in [0.1, 0.15) is 0 Å². The maximum absolute atomic E-state index is 12.9. The van der Waals surface area contributed by atoms with E-state index in [-0.39, 0.29) is 11.9 Å². The van der Waals surface area contributed by atoms with E-state index in [0.717, 1.165) is 22.3 Å². The number of hydrogen-bond acceptors (Lipinski definition) is 3. The van der Waals surface area contributed by atoms with Gasteiger partial charge in [-0.25, -0.2) is 9.67 Å². The van der Waals surface area contributed by atoms with Crippen LogP contribution in [0.2, 0.25) is 0 Å². The van der Waals surface area contributed by atoms with E-state index in [0.29, 0.717) is 12.1 Å². The number of aryl methyl sites for hydroxylation is 2. The van der Waals surface area contributed by atoms with Crippen molar-refractivity contribution in [2.75, 3.05) is 7.05 Å². The van der Waals surface area contributed by atoms with Crippen LogP contribution < -0.4 is 0 Å². The van der Waals surface area contributed by atoms with Crippen LogP contribution in [0.15, 0.2) is 36.5 Å². The fraction of sp³-hybridized carbons (Fsp3) is 0.350. The van der Waals surface area contributed by atoms with Crippen molar-refractivity contribution in [2.45, 2.75) is 40.3 Å². The molecule has 0 spiro atoms. The molecule has 25 heavy (non-hydrogen) atoms. The molecule has 1 aromatic carbocycles. The largest absolute Gasteiger partial charge is 0.337 e. The molecule has 0 aliphatic carbocycles. The second-order valence-corrected chi connectivity index (χ2v) is 6.80. The van der Waals surface area contributed by atoms with Gasteiger partial charge < -0.3 is 4.90 Å². The molecule has 0 fully saturated rings. The van der Waals surface area contributed by atoms with Crippen molar-refractivity contribution >= 4 is 16.9 Å². The van der Waals surface area contributed by atoms with Gasteiger partial charge in [0.15, 0.2) is 5.65 Å². The highest BCUT2D eigenvalue weighted by Gasteiger charge is 2.18. The number of benzene rings is 1. The summed E-state index contributed by atoms with van der Waals surface area (Å²) >= 11 is 0. The van der Waals surface area contributed by atoms with E-state index < -0.39 is 0 Å². The third kappa shape index (κ3) is 3.27. The van der Waals surface area contributed by atoms with E-state index in [9.17, 15) is 4.79 Å². The number of fused-ring (bicyclic) bond motifs is 1. The van der Waals surface area contributed by atoms with Crippen LogP contribution in [0.5, 0.6) is 0 Å². The molecule has 0 aliphatic heterocycles. The van der Waals surface area contributed by atoms with Crippen LogP contribution in [0.4, 0.5) is 0 Å². The lowest BCUT2D eigenvalue weighted by atomic mass is 10.1. The van der Waals surface area contributed by atoms with Crippen LogP contribution in [0.3, 0.4) is 0 Å². The highest BCUT2D eigenvalue weighted by atomic mass is 16.2. The topological polar surface area (TPSA) is 51.0 Å². The number of carbonyl (C=O) groups is 1. The maximum atomic E-state index is 12.9. The maximum Gasteiger partial charge on any atom is 0.255 e. The molecule has 130 valence electrons. The molecule has 2 aromatic heterocycles. The summed E-state index contributed by atoms with van der Waals surface area (Å²) in [6.45, 7) is 8.66. The first-order valence-corrected chi connectivity index (χ1v) is 8.53. The Morgan fingerprint density at radius 3 is 2.64 bits per heavy atom. The van der Waals surface area contributed by atoms with Gasteiger partial charge in [-0.3, -0.25) is 4.79 Å². The summed E-state index contributed by atoms with van der Waals surface area (Å²) in [5, 5.41) is 5.29. The molecule has 0 saturated heterocycles. The number of rotatable bonds is 4. The summed E-state index contributed by atoms with van der Waals surface area (Å²) < 4.78 is 1.88. The minimum atomic E-state index is -0.0209. The molecular weight excluding hydrogens is 312 g/mol. The number of nitrogens with zero attached hydrogens (tertiary/aromatic N) is 4. The molecule has 0 aliphatic rings. The van der Waals surface area contributed by atoms with Gasteiger partial charge >= 0.3 is 0 Å². The molecule has 1 amide bonds. The number of carbonyl (C=O) groups excluding carboxylic acids is 1. The van der Waals surface area contributed by atoms with E-state index in [1.165, 1.54) is 5.56 Å². The summed E-state index contributed by atoms with van der Waals surface area (Å²) in [5.74, 6) is -0.0209. The molecule has 0 atom stereocenters. The molecule has 0 N–H and O–H groups in total. The Hall–Kier alpha value is -2.69. The van der Waals surface area contributed by atoms with E-state index in [1.54, 1.807) is 11.1 Å². The van der Waals surface area contributed by atoms with Gasteiger partial charge in [-0.15, -0.1) is 0 Å². The van der Waals surface area contributed by atoms with Crippen molar-refractivity contribution in [3.63, 3.8) is 0 Å². The Balaban J connectivity index is 1.91. The van der Waals surface area contributed by atoms with Crippen LogP contribution in [-0.4, -0.2) is 32.6 Å². The molecule has 3 aromatic rings. The predicted octanol–water partition coefficient (Wildman–Crippen LogP) is 3.90. The van der Waals surface area contributed by atoms with Crippen molar-refractivity contribution < 1.29 is 4.79 Å². The molecule has 5 heteroatoms. The Labute approximate surface area is 148 Å². The zero-order valence-electron chi connectivity index (χ0n) is 15.4. The SMILES string of the molecule is Cc1ccccc1CN(C)C(=O)c1cc2cnn(C(C)C)c2nc1C. The van der Waals surface area contributed by atoms with Gasteiger partial charge in [0.05, 0.1) is 17.5 Å². The van der Waals surface area contributed by atoms with Gasteiger partial charge in [-0.1, -0.05) is 24.3 Å². The van der Waals surface area contributed by atoms with Gasteiger partial charge in [-0.05, 0) is 44.9 Å². The summed E-state index contributed by atoms with van der Waals surface area (Å²) in [7, 11) is 1.83. The Kier molecular flexibility index (Phi) is 4.57. The first-order valence-electron chi connectivity index (χ1n) is 8.53. The van der Waals surface area contributed by atoms with Crippen LogP contribution >= 0.6 is 0 Å². The smallest absolute Gasteiger partial charge is 0.255 e. The fourth-order valence-corrected chi connectivity index (χ4v) is 2.98. The minimum Gasteiger partial charge on any atom is -0.337 e. The normalized spacial score (nSPS) is 11.3. The lowest BCUT2D eigenvalue weighted by Gasteiger charge is -2.19. The van der Waals surface area contributed by atoms with E-state index in [4.69, 9.17) is 0 Å². The second-order valence-electron chi connectivity index (χ2n) is 6.80. The Morgan fingerprint density at radius 2 is 1.96 bits per heavy atom. The average molecular weight is 336 g/mol. The van der Waals surface area contributed by atoms with Crippen LogP contribution in [0.1, 0.15) is 47.1 Å². The molecule has 0 unspecified atom stereocenters. The third-order valence-electron chi connectivity index (χ3n) is 4.49. The van der Waals surface area contributed by atoms with Gasteiger partial charge in [0.25, 0.3) is 5.91 Å². The molecule has 0 saturated carbocycles. The van der Waals surface area contributed by atoms with Crippen LogP contribution in [-0.2, 0) is 6.54 Å². The molecule has 3 rings (SSSR count). The van der Waals surface area contributed by atoms with Gasteiger partial charge in [0.2, 0.25) is 0 Å². The number of aromatic nitrogens is 3. The fourth-order valence-electron chi connectivity index (χ4n) is 2.98. The van der Waals surface area contributed by atoms with E-state index >= 15 is 0 Å². The highest BCUT2D eigenvalue weighted by molar-refractivity contribution is 5.98. The molecule has 2 heterocycles. The van der Waals surface area contributed by atoms with Gasteiger partial charge in [-0.2, -0.15) is 5.10 Å². The summed E-state index contributed by atoms with van der Waals surface area (Å²) in [5.41, 5.74) is 4.53. The monoisotopic (exact) mass is 336 g/mol. The number of pyridine rings is 1. The Bertz CT molecular complexity index is 927. The van der Waals surface area contributed by atoms with Crippen molar-refractivity contribution in [1.29, 1.82) is 0 Å². The lowest BCUT2D eigenvalue weighted by molar-refractivity contribution is 0.0784. The molecule has 0 radical (unpaired) electrons. The van der Waals surface area contributed by atoms with Crippen molar-refractivity contribution in [3.05, 3.63) is 58.9 Å². The van der Waals surface area contributed by atoms with Crippen LogP contribution in [0, 0.1) is 13.8 Å². The first kappa shape index (κ1) is 17.1. The lowest BCUT2D eigenvalue weighted by Crippen LogP contribution is -2.27. The quantitative estimate of drug-likeness (QED) is 0.726. The highest BCUT2D eigenvalue weighted by Crippen LogP contribution is 2.21. The molecule has 0 bridgehead atoms. The standard InChI is InChI=1S/C20H24N4O/c1-13(2)24-19-17(11-21-24)10-18(15(4)22-19)20(25)23(5)12-16-9-7-6-8-14(16)3/h6-11,13H,12H2,1-5H3. The van der Waals surface area contributed by atoms with E-state index in [2.05, 4.69) is 43.0 Å². The zero-order chi connectivity index (χ0) is 18.1. The molecule has 5 nitrogen and oxygen atoms in total. The van der Waals surface area contributed by atoms with Crippen molar-refractivity contribution in [2.24, 2.45) is 0 Å². The summed E-state index contributed by atoms with van der Waals surface area (Å²) in [6, 6.07) is 10.3. The van der Waals surface area contributed by atoms with Crippen LogP contribution in [0.25, 0.3) is 11.0 Å². The number of hydrogen-bond donors (Lipinski definition) is 0. The van der Waals surface area contributed by atoms with Gasteiger partial charge in [0, 0.05) is 25.0 Å². The minimum absolute atomic E-state index is 0.0209. The summed E-state index contributed by atoms with van der Waals surface area (Å²) in [6.07, 6.45) is 1.78.